The molecule has 1 aliphatic heterocycles. The number of carbonyl (C=O) groups excluding carboxylic acids is 1. The van der Waals surface area contributed by atoms with Gasteiger partial charge < -0.3 is 31.8 Å². The van der Waals surface area contributed by atoms with Crippen LogP contribution in [0.3, 0.4) is 0 Å². The van der Waals surface area contributed by atoms with Crippen LogP contribution in [0.5, 0.6) is 11.5 Å². The van der Waals surface area contributed by atoms with Gasteiger partial charge in [0.15, 0.2) is 0 Å². The van der Waals surface area contributed by atoms with Crippen LogP contribution in [0.1, 0.15) is 28.2 Å². The van der Waals surface area contributed by atoms with Crippen LogP contribution in [0.2, 0.25) is 0 Å². The summed E-state index contributed by atoms with van der Waals surface area (Å²) in [5.41, 5.74) is 20.1. The first-order chi connectivity index (χ1) is 30.4. The van der Waals surface area contributed by atoms with E-state index in [1.807, 2.05) is 132 Å². The fraction of sp³-hybridized carbons (Fsp3) is 0.0600. The van der Waals surface area contributed by atoms with Gasteiger partial charge in [-0.1, -0.05) is 66.4 Å². The number of rotatable bonds is 11. The summed E-state index contributed by atoms with van der Waals surface area (Å²) in [4.78, 5) is 29.2. The summed E-state index contributed by atoms with van der Waals surface area (Å²) in [7, 11) is 0. The SMILES string of the molecule is NC(=Nc1ccc(CCCC(=O)Nc2ccc3[nH]c4ccccc4c3c2)cc1)c1cccs1.NC(=Nc1ccc(Oc2ccc3c(c2)Nc2ccccc2S3)cc1)c1cccs1. The molecule has 0 radical (unpaired) electrons. The van der Waals surface area contributed by atoms with E-state index < -0.39 is 0 Å². The molecule has 0 fully saturated rings. The first-order valence-corrected chi connectivity index (χ1v) is 22.6. The number of carbonyl (C=O) groups is 1. The van der Waals surface area contributed by atoms with Crippen molar-refractivity contribution >= 4 is 102 Å². The number of fused-ring (bicyclic) bond motifs is 5. The Balaban J connectivity index is 0.000000159. The molecule has 62 heavy (non-hydrogen) atoms. The number of nitrogens with two attached hydrogens (primary N) is 2. The Kier molecular flexibility index (Phi) is 12.1. The summed E-state index contributed by atoms with van der Waals surface area (Å²) in [6.45, 7) is 0. The molecule has 4 heterocycles. The molecule has 10 rings (SSSR count). The third kappa shape index (κ3) is 9.74. The summed E-state index contributed by atoms with van der Waals surface area (Å²) in [5.74, 6) is 2.61. The third-order valence-electron chi connectivity index (χ3n) is 10.0. The van der Waals surface area contributed by atoms with Crippen molar-refractivity contribution < 1.29 is 9.53 Å². The van der Waals surface area contributed by atoms with E-state index in [9.17, 15) is 4.79 Å². The number of amidine groups is 2. The molecule has 0 saturated carbocycles. The molecule has 9 aromatic rings. The van der Waals surface area contributed by atoms with E-state index in [-0.39, 0.29) is 5.91 Å². The van der Waals surface area contributed by atoms with E-state index >= 15 is 0 Å². The van der Waals surface area contributed by atoms with E-state index in [0.717, 1.165) is 84.3 Å². The Hall–Kier alpha value is -7.12. The highest BCUT2D eigenvalue weighted by atomic mass is 32.2. The van der Waals surface area contributed by atoms with E-state index in [2.05, 4.69) is 62.0 Å². The molecule has 0 atom stereocenters. The first-order valence-electron chi connectivity index (χ1n) is 20.0. The maximum atomic E-state index is 12.5. The van der Waals surface area contributed by atoms with Crippen molar-refractivity contribution in [1.29, 1.82) is 0 Å². The maximum absolute atomic E-state index is 12.5. The molecule has 12 heteroatoms. The van der Waals surface area contributed by atoms with Gasteiger partial charge in [-0.2, -0.15) is 0 Å². The molecule has 1 aliphatic rings. The highest BCUT2D eigenvalue weighted by Crippen LogP contribution is 2.45. The van der Waals surface area contributed by atoms with E-state index in [4.69, 9.17) is 16.2 Å². The second kappa shape index (κ2) is 18.7. The number of H-pyrrole nitrogens is 1. The van der Waals surface area contributed by atoms with Crippen molar-refractivity contribution in [1.82, 2.24) is 4.98 Å². The molecule has 9 nitrogen and oxygen atoms in total. The number of amides is 1. The fourth-order valence-corrected chi connectivity index (χ4v) is 9.21. The monoisotopic (exact) mass is 867 g/mol. The number of aliphatic imine (C=N–C) groups is 2. The zero-order valence-electron chi connectivity index (χ0n) is 33.4. The number of nitrogens with zero attached hydrogens (tertiary/aromatic N) is 2. The number of para-hydroxylation sites is 2. The molecule has 0 aliphatic carbocycles. The van der Waals surface area contributed by atoms with Crippen LogP contribution in [0, 0.1) is 0 Å². The first kappa shape index (κ1) is 40.3. The largest absolute Gasteiger partial charge is 0.457 e. The van der Waals surface area contributed by atoms with Crippen molar-refractivity contribution in [3.05, 3.63) is 184 Å². The minimum absolute atomic E-state index is 0.0270. The minimum atomic E-state index is 0.0270. The maximum Gasteiger partial charge on any atom is 0.224 e. The lowest BCUT2D eigenvalue weighted by Gasteiger charge is -2.21. The number of nitrogens with one attached hydrogen (secondary N) is 3. The van der Waals surface area contributed by atoms with Crippen LogP contribution in [0.4, 0.5) is 28.4 Å². The number of hydrogen-bond acceptors (Lipinski definition) is 8. The molecule has 0 unspecified atom stereocenters. The van der Waals surface area contributed by atoms with Gasteiger partial charge in [0.2, 0.25) is 5.91 Å². The van der Waals surface area contributed by atoms with Gasteiger partial charge in [-0.3, -0.25) is 4.79 Å². The highest BCUT2D eigenvalue weighted by Gasteiger charge is 2.16. The molecular weight excluding hydrogens is 827 g/mol. The van der Waals surface area contributed by atoms with E-state index in [1.165, 1.54) is 15.4 Å². The smallest absolute Gasteiger partial charge is 0.224 e. The molecule has 0 spiro atoms. The Morgan fingerprint density at radius 1 is 0.613 bits per heavy atom. The van der Waals surface area contributed by atoms with Crippen molar-refractivity contribution in [2.24, 2.45) is 21.5 Å². The average molecular weight is 868 g/mol. The highest BCUT2D eigenvalue weighted by molar-refractivity contribution is 7.99. The topological polar surface area (TPSA) is 143 Å². The molecule has 0 saturated heterocycles. The lowest BCUT2D eigenvalue weighted by molar-refractivity contribution is -0.116. The summed E-state index contributed by atoms with van der Waals surface area (Å²) < 4.78 is 6.04. The molecule has 1 amide bonds. The van der Waals surface area contributed by atoms with Gasteiger partial charge in [0.05, 0.1) is 32.5 Å². The fourth-order valence-electron chi connectivity index (χ4n) is 6.98. The van der Waals surface area contributed by atoms with Gasteiger partial charge in [0.25, 0.3) is 0 Å². The number of hydrogen-bond donors (Lipinski definition) is 5. The van der Waals surface area contributed by atoms with Crippen LogP contribution in [-0.4, -0.2) is 22.6 Å². The number of aryl methyl sites for hydroxylation is 1. The van der Waals surface area contributed by atoms with Gasteiger partial charge in [-0.15, -0.1) is 22.7 Å². The molecular formula is C50H41N7O2S3. The summed E-state index contributed by atoms with van der Waals surface area (Å²) in [6, 6.07) is 52.0. The van der Waals surface area contributed by atoms with E-state index in [0.29, 0.717) is 18.1 Å². The van der Waals surface area contributed by atoms with Crippen molar-refractivity contribution in [2.75, 3.05) is 10.6 Å². The summed E-state index contributed by atoms with van der Waals surface area (Å²) in [6.07, 6.45) is 2.08. The Morgan fingerprint density at radius 3 is 1.98 bits per heavy atom. The number of aromatic amines is 1. The molecule has 0 bridgehead atoms. The lowest BCUT2D eigenvalue weighted by Crippen LogP contribution is -2.11. The molecule has 6 aromatic carbocycles. The van der Waals surface area contributed by atoms with Crippen LogP contribution in [0.25, 0.3) is 21.8 Å². The van der Waals surface area contributed by atoms with Crippen LogP contribution in [-0.2, 0) is 11.2 Å². The molecule has 3 aromatic heterocycles. The van der Waals surface area contributed by atoms with Crippen LogP contribution in [0.15, 0.2) is 188 Å². The van der Waals surface area contributed by atoms with E-state index in [1.54, 1.807) is 34.4 Å². The predicted octanol–water partition coefficient (Wildman–Crippen LogP) is 13.2. The summed E-state index contributed by atoms with van der Waals surface area (Å²) >= 11 is 4.91. The Morgan fingerprint density at radius 2 is 1.26 bits per heavy atom. The van der Waals surface area contributed by atoms with Gasteiger partial charge in [0.1, 0.15) is 23.2 Å². The van der Waals surface area contributed by atoms with Crippen molar-refractivity contribution in [3.63, 3.8) is 0 Å². The van der Waals surface area contributed by atoms with Crippen LogP contribution < -0.4 is 26.8 Å². The van der Waals surface area contributed by atoms with Gasteiger partial charge in [-0.05, 0) is 126 Å². The van der Waals surface area contributed by atoms with Crippen molar-refractivity contribution in [3.8, 4) is 11.5 Å². The minimum Gasteiger partial charge on any atom is -0.457 e. The number of anilines is 3. The number of aromatic nitrogens is 1. The Bertz CT molecular complexity index is 3030. The number of ether oxygens (including phenoxy) is 1. The Labute approximate surface area is 371 Å². The number of thiophene rings is 2. The molecule has 306 valence electrons. The van der Waals surface area contributed by atoms with Gasteiger partial charge in [-0.25, -0.2) is 9.98 Å². The zero-order chi connectivity index (χ0) is 42.3. The van der Waals surface area contributed by atoms with Gasteiger partial charge in [0, 0.05) is 49.8 Å². The number of benzene rings is 6. The van der Waals surface area contributed by atoms with Crippen molar-refractivity contribution in [2.45, 2.75) is 29.1 Å². The summed E-state index contributed by atoms with van der Waals surface area (Å²) in [5, 5.41) is 12.8. The lowest BCUT2D eigenvalue weighted by atomic mass is 10.1. The molecule has 7 N–H and O–H groups in total. The normalized spacial score (nSPS) is 12.2. The second-order valence-electron chi connectivity index (χ2n) is 14.4. The third-order valence-corrected chi connectivity index (χ3v) is 13.0. The zero-order valence-corrected chi connectivity index (χ0v) is 35.8. The predicted molar refractivity (Wildman–Crippen MR) is 260 cm³/mol. The second-order valence-corrected chi connectivity index (χ2v) is 17.4. The van der Waals surface area contributed by atoms with Gasteiger partial charge >= 0.3 is 0 Å². The average Bonchev–Trinajstić information content (AvgIpc) is 4.10. The standard InChI is InChI=1S/C27H24N4OS.C23H17N3OS2/c28-27(25-8-4-16-33-25)30-19-12-10-18(11-13-19)5-3-9-26(32)29-20-14-15-24-22(17-20)21-6-1-2-7-23(21)31-24;24-23(22-6-3-13-28-22)25-15-7-9-16(10-8-15)27-17-11-12-21-19(14-17)26-18-4-1-2-5-20(18)29-21/h1-2,4,6-8,10-17,31H,3,5,9H2,(H2,28,30)(H,29,32);1-14,26H,(H2,24,25). The quantitative estimate of drug-likeness (QED) is 0.0647. The van der Waals surface area contributed by atoms with Crippen LogP contribution >= 0.6 is 34.4 Å².